The lowest BCUT2D eigenvalue weighted by molar-refractivity contribution is 0.181. The van der Waals surface area contributed by atoms with Crippen molar-refractivity contribution in [2.75, 3.05) is 20.1 Å². The van der Waals surface area contributed by atoms with E-state index < -0.39 is 0 Å². The first kappa shape index (κ1) is 12.0. The highest BCUT2D eigenvalue weighted by Crippen LogP contribution is 2.14. The summed E-state index contributed by atoms with van der Waals surface area (Å²) in [6.45, 7) is 6.33. The van der Waals surface area contributed by atoms with Crippen molar-refractivity contribution in [3.05, 3.63) is 0 Å². The van der Waals surface area contributed by atoms with E-state index in [-0.39, 0.29) is 6.10 Å². The van der Waals surface area contributed by atoms with Crippen LogP contribution < -0.4 is 5.32 Å². The van der Waals surface area contributed by atoms with Gasteiger partial charge < -0.3 is 15.3 Å². The van der Waals surface area contributed by atoms with Gasteiger partial charge in [0.15, 0.2) is 0 Å². The van der Waals surface area contributed by atoms with Crippen LogP contribution in [-0.2, 0) is 0 Å². The molecular weight excluding hydrogens is 176 g/mol. The molecule has 1 rings (SSSR count). The van der Waals surface area contributed by atoms with Crippen molar-refractivity contribution in [1.82, 2.24) is 10.2 Å². The predicted molar refractivity (Wildman–Crippen MR) is 59.4 cm³/mol. The number of nitrogens with one attached hydrogen (secondary N) is 1. The van der Waals surface area contributed by atoms with Gasteiger partial charge >= 0.3 is 0 Å². The third-order valence-electron chi connectivity index (χ3n) is 3.12. The van der Waals surface area contributed by atoms with Gasteiger partial charge in [-0.3, -0.25) is 0 Å². The molecule has 84 valence electrons. The van der Waals surface area contributed by atoms with E-state index in [2.05, 4.69) is 24.2 Å². The number of rotatable bonds is 5. The Balaban J connectivity index is 2.03. The third-order valence-corrected chi connectivity index (χ3v) is 3.12. The van der Waals surface area contributed by atoms with Crippen molar-refractivity contribution in [2.24, 2.45) is 0 Å². The lowest BCUT2D eigenvalue weighted by Crippen LogP contribution is -2.32. The zero-order valence-corrected chi connectivity index (χ0v) is 9.66. The number of likely N-dealkylation sites (N-methyl/N-ethyl adjacent to an activating group) is 1. The van der Waals surface area contributed by atoms with Crippen LogP contribution in [0.15, 0.2) is 0 Å². The Hall–Kier alpha value is -0.120. The first-order valence-electron chi connectivity index (χ1n) is 5.71. The van der Waals surface area contributed by atoms with Crippen molar-refractivity contribution in [3.63, 3.8) is 0 Å². The molecule has 0 aromatic carbocycles. The number of nitrogens with zero attached hydrogens (tertiary/aromatic N) is 1. The van der Waals surface area contributed by atoms with Gasteiger partial charge in [0.1, 0.15) is 0 Å². The van der Waals surface area contributed by atoms with Crippen LogP contribution in [0.4, 0.5) is 0 Å². The quantitative estimate of drug-likeness (QED) is 0.645. The fourth-order valence-electron chi connectivity index (χ4n) is 2.05. The van der Waals surface area contributed by atoms with Crippen molar-refractivity contribution in [3.8, 4) is 0 Å². The van der Waals surface area contributed by atoms with Crippen LogP contribution in [-0.4, -0.2) is 48.3 Å². The molecule has 3 atom stereocenters. The second-order valence-electron chi connectivity index (χ2n) is 4.67. The summed E-state index contributed by atoms with van der Waals surface area (Å²) in [6, 6.07) is 1.37. The lowest BCUT2D eigenvalue weighted by atomic mass is 10.1. The minimum Gasteiger partial charge on any atom is -0.393 e. The molecule has 3 unspecified atom stereocenters. The van der Waals surface area contributed by atoms with Gasteiger partial charge in [-0.1, -0.05) is 0 Å². The van der Waals surface area contributed by atoms with Gasteiger partial charge in [-0.2, -0.15) is 0 Å². The summed E-state index contributed by atoms with van der Waals surface area (Å²) < 4.78 is 0. The maximum Gasteiger partial charge on any atom is 0.0512 e. The normalized spacial score (nSPS) is 30.9. The molecule has 3 heteroatoms. The maximum atomic E-state index is 9.09. The van der Waals surface area contributed by atoms with Gasteiger partial charge in [0.05, 0.1) is 6.10 Å². The Kier molecular flexibility index (Phi) is 4.85. The molecule has 1 aliphatic rings. The molecule has 1 heterocycles. The zero-order chi connectivity index (χ0) is 10.6. The summed E-state index contributed by atoms with van der Waals surface area (Å²) in [6.07, 6.45) is 3.09. The maximum absolute atomic E-state index is 9.09. The Labute approximate surface area is 87.5 Å². The molecule has 3 nitrogen and oxygen atoms in total. The highest BCUT2D eigenvalue weighted by atomic mass is 16.3. The molecule has 1 saturated heterocycles. The Bertz CT molecular complexity index is 151. The molecule has 0 bridgehead atoms. The van der Waals surface area contributed by atoms with Gasteiger partial charge in [0.25, 0.3) is 0 Å². The van der Waals surface area contributed by atoms with E-state index in [9.17, 15) is 0 Å². The van der Waals surface area contributed by atoms with Crippen molar-refractivity contribution >= 4 is 0 Å². The molecule has 0 radical (unpaired) electrons. The standard InChI is InChI=1S/C11H24N2O/c1-9-7-11(8-13(9)3)12-6-4-5-10(2)14/h9-12,14H,4-8H2,1-3H3. The Morgan fingerprint density at radius 2 is 2.29 bits per heavy atom. The summed E-state index contributed by atoms with van der Waals surface area (Å²) in [4.78, 5) is 2.40. The molecular formula is C11H24N2O. The predicted octanol–water partition coefficient (Wildman–Crippen LogP) is 0.830. The summed E-state index contributed by atoms with van der Waals surface area (Å²) in [5, 5.41) is 12.6. The van der Waals surface area contributed by atoms with Crippen LogP contribution in [0.3, 0.4) is 0 Å². The minimum absolute atomic E-state index is 0.151. The Morgan fingerprint density at radius 1 is 1.57 bits per heavy atom. The van der Waals surface area contributed by atoms with Crippen LogP contribution >= 0.6 is 0 Å². The smallest absolute Gasteiger partial charge is 0.0512 e. The second-order valence-corrected chi connectivity index (χ2v) is 4.67. The molecule has 0 saturated carbocycles. The molecule has 0 amide bonds. The first-order valence-corrected chi connectivity index (χ1v) is 5.71. The second kappa shape index (κ2) is 5.69. The van der Waals surface area contributed by atoms with E-state index in [0.29, 0.717) is 12.1 Å². The number of likely N-dealkylation sites (tertiary alicyclic amines) is 1. The summed E-state index contributed by atoms with van der Waals surface area (Å²) >= 11 is 0. The van der Waals surface area contributed by atoms with Crippen LogP contribution in [0, 0.1) is 0 Å². The molecule has 14 heavy (non-hydrogen) atoms. The molecule has 0 aromatic heterocycles. The summed E-state index contributed by atoms with van der Waals surface area (Å²) in [5.41, 5.74) is 0. The van der Waals surface area contributed by atoms with E-state index in [1.165, 1.54) is 6.42 Å². The van der Waals surface area contributed by atoms with Gasteiger partial charge in [0.2, 0.25) is 0 Å². The summed E-state index contributed by atoms with van der Waals surface area (Å²) in [7, 11) is 2.18. The number of aliphatic hydroxyl groups excluding tert-OH is 1. The third kappa shape index (κ3) is 3.95. The molecule has 1 fully saturated rings. The molecule has 0 aliphatic carbocycles. The van der Waals surface area contributed by atoms with Crippen LogP contribution in [0.1, 0.15) is 33.1 Å². The van der Waals surface area contributed by atoms with Crippen molar-refractivity contribution in [1.29, 1.82) is 0 Å². The highest BCUT2D eigenvalue weighted by Gasteiger charge is 2.24. The van der Waals surface area contributed by atoms with Crippen LogP contribution in [0.5, 0.6) is 0 Å². The van der Waals surface area contributed by atoms with E-state index >= 15 is 0 Å². The van der Waals surface area contributed by atoms with E-state index in [1.54, 1.807) is 0 Å². The van der Waals surface area contributed by atoms with Gasteiger partial charge in [-0.25, -0.2) is 0 Å². The fourth-order valence-corrected chi connectivity index (χ4v) is 2.05. The van der Waals surface area contributed by atoms with Crippen LogP contribution in [0.2, 0.25) is 0 Å². The van der Waals surface area contributed by atoms with E-state index in [1.807, 2.05) is 6.92 Å². The van der Waals surface area contributed by atoms with Gasteiger partial charge in [-0.15, -0.1) is 0 Å². The summed E-state index contributed by atoms with van der Waals surface area (Å²) in [5.74, 6) is 0. The van der Waals surface area contributed by atoms with E-state index in [4.69, 9.17) is 5.11 Å². The van der Waals surface area contributed by atoms with Gasteiger partial charge in [-0.05, 0) is 46.7 Å². The number of hydrogen-bond donors (Lipinski definition) is 2. The minimum atomic E-state index is -0.151. The SMILES string of the molecule is CC(O)CCCNC1CC(C)N(C)C1. The fraction of sp³-hybridized carbons (Fsp3) is 1.00. The van der Waals surface area contributed by atoms with Gasteiger partial charge in [0, 0.05) is 18.6 Å². The average Bonchev–Trinajstić information content (AvgIpc) is 2.40. The highest BCUT2D eigenvalue weighted by molar-refractivity contribution is 4.84. The molecule has 0 spiro atoms. The largest absolute Gasteiger partial charge is 0.393 e. The number of aliphatic hydroxyl groups is 1. The molecule has 2 N–H and O–H groups in total. The Morgan fingerprint density at radius 3 is 2.79 bits per heavy atom. The zero-order valence-electron chi connectivity index (χ0n) is 9.66. The first-order chi connectivity index (χ1) is 6.59. The van der Waals surface area contributed by atoms with E-state index in [0.717, 1.165) is 25.9 Å². The topological polar surface area (TPSA) is 35.5 Å². The lowest BCUT2D eigenvalue weighted by Gasteiger charge is -2.13. The average molecular weight is 200 g/mol. The molecule has 1 aliphatic heterocycles. The van der Waals surface area contributed by atoms with Crippen molar-refractivity contribution in [2.45, 2.75) is 51.3 Å². The van der Waals surface area contributed by atoms with Crippen molar-refractivity contribution < 1.29 is 5.11 Å². The van der Waals surface area contributed by atoms with Crippen LogP contribution in [0.25, 0.3) is 0 Å². The monoisotopic (exact) mass is 200 g/mol. The number of hydrogen-bond acceptors (Lipinski definition) is 3. The molecule has 0 aromatic rings.